The van der Waals surface area contributed by atoms with Crippen LogP contribution in [-0.2, 0) is 0 Å². The number of hydrogen-bond acceptors (Lipinski definition) is 6. The zero-order valence-electron chi connectivity index (χ0n) is 14.5. The molecule has 0 bridgehead atoms. The van der Waals surface area contributed by atoms with Crippen LogP contribution >= 0.6 is 0 Å². The highest BCUT2D eigenvalue weighted by atomic mass is 16.5. The molecular weight excluding hydrogens is 334 g/mol. The van der Waals surface area contributed by atoms with Crippen molar-refractivity contribution in [3.05, 3.63) is 52.8 Å². The van der Waals surface area contributed by atoms with E-state index < -0.39 is 0 Å². The number of nitrogens with one attached hydrogen (secondary N) is 1. The lowest BCUT2D eigenvalue weighted by molar-refractivity contribution is 0.281. The van der Waals surface area contributed by atoms with E-state index in [4.69, 9.17) is 14.9 Å². The molecule has 0 fully saturated rings. The molecule has 3 aromatic rings. The maximum Gasteiger partial charge on any atom is 0.259 e. The van der Waals surface area contributed by atoms with Crippen molar-refractivity contribution in [2.24, 2.45) is 0 Å². The summed E-state index contributed by atoms with van der Waals surface area (Å²) in [4.78, 5) is 21.6. The van der Waals surface area contributed by atoms with Gasteiger partial charge in [-0.3, -0.25) is 4.79 Å². The van der Waals surface area contributed by atoms with E-state index in [9.17, 15) is 4.79 Å². The largest absolute Gasteiger partial charge is 0.497 e. The van der Waals surface area contributed by atoms with E-state index in [2.05, 4.69) is 9.97 Å². The lowest BCUT2D eigenvalue weighted by Gasteiger charge is -2.23. The molecule has 0 aliphatic rings. The molecule has 0 aliphatic carbocycles. The van der Waals surface area contributed by atoms with Crippen LogP contribution in [0.4, 0.5) is 5.69 Å². The number of hydrogen-bond donors (Lipinski definition) is 3. The van der Waals surface area contributed by atoms with Crippen molar-refractivity contribution in [2.75, 3.05) is 38.3 Å². The van der Waals surface area contributed by atoms with Crippen LogP contribution in [0.25, 0.3) is 22.3 Å². The Morgan fingerprint density at radius 1 is 1.08 bits per heavy atom. The summed E-state index contributed by atoms with van der Waals surface area (Å²) in [5, 5.41) is 18.8. The average Bonchev–Trinajstić information content (AvgIpc) is 2.67. The molecular formula is C19H21N3O4. The smallest absolute Gasteiger partial charge is 0.259 e. The standard InChI is InChI=1S/C19H21N3O4/c1-26-15-6-7-17-16(12-15)19(25)21-18(20-17)13-2-4-14(5-3-13)22(8-10-23)9-11-24/h2-7,12,23-24H,8-11H2,1H3,(H,20,21,25). The van der Waals surface area contributed by atoms with E-state index >= 15 is 0 Å². The van der Waals surface area contributed by atoms with Crippen molar-refractivity contribution < 1.29 is 14.9 Å². The number of aliphatic hydroxyl groups excluding tert-OH is 2. The van der Waals surface area contributed by atoms with Crippen molar-refractivity contribution in [1.82, 2.24) is 9.97 Å². The molecule has 7 nitrogen and oxygen atoms in total. The second-order valence-electron chi connectivity index (χ2n) is 5.78. The number of H-pyrrole nitrogens is 1. The van der Waals surface area contributed by atoms with Crippen LogP contribution in [0, 0.1) is 0 Å². The molecule has 7 heteroatoms. The highest BCUT2D eigenvalue weighted by molar-refractivity contribution is 5.81. The lowest BCUT2D eigenvalue weighted by atomic mass is 10.1. The number of methoxy groups -OCH3 is 1. The Morgan fingerprint density at radius 2 is 1.77 bits per heavy atom. The van der Waals surface area contributed by atoms with Crippen LogP contribution in [0.2, 0.25) is 0 Å². The van der Waals surface area contributed by atoms with E-state index in [0.717, 1.165) is 11.3 Å². The van der Waals surface area contributed by atoms with Gasteiger partial charge < -0.3 is 24.8 Å². The van der Waals surface area contributed by atoms with E-state index in [1.54, 1.807) is 25.3 Å². The van der Waals surface area contributed by atoms with Gasteiger partial charge in [-0.2, -0.15) is 0 Å². The molecule has 0 saturated carbocycles. The fourth-order valence-electron chi connectivity index (χ4n) is 2.82. The van der Waals surface area contributed by atoms with Crippen LogP contribution in [0.3, 0.4) is 0 Å². The van der Waals surface area contributed by atoms with Crippen molar-refractivity contribution in [2.45, 2.75) is 0 Å². The van der Waals surface area contributed by atoms with Gasteiger partial charge in [0.1, 0.15) is 11.6 Å². The number of rotatable bonds is 7. The maximum atomic E-state index is 12.4. The highest BCUT2D eigenvalue weighted by Crippen LogP contribution is 2.22. The first-order chi connectivity index (χ1) is 12.7. The minimum absolute atomic E-state index is 0.00473. The summed E-state index contributed by atoms with van der Waals surface area (Å²) in [5.41, 5.74) is 2.02. The average molecular weight is 355 g/mol. The molecule has 0 radical (unpaired) electrons. The van der Waals surface area contributed by atoms with E-state index in [1.165, 1.54) is 0 Å². The summed E-state index contributed by atoms with van der Waals surface area (Å²) in [5.74, 6) is 1.09. The van der Waals surface area contributed by atoms with Gasteiger partial charge in [0.25, 0.3) is 5.56 Å². The quantitative estimate of drug-likeness (QED) is 0.592. The van der Waals surface area contributed by atoms with Crippen LogP contribution in [-0.4, -0.2) is 53.6 Å². The molecule has 0 unspecified atom stereocenters. The molecule has 3 N–H and O–H groups in total. The molecule has 0 spiro atoms. The second kappa shape index (κ2) is 7.99. The highest BCUT2D eigenvalue weighted by Gasteiger charge is 2.09. The topological polar surface area (TPSA) is 98.7 Å². The second-order valence-corrected chi connectivity index (χ2v) is 5.78. The fourth-order valence-corrected chi connectivity index (χ4v) is 2.82. The Bertz CT molecular complexity index is 932. The summed E-state index contributed by atoms with van der Waals surface area (Å²) in [6.07, 6.45) is 0. The Kier molecular flexibility index (Phi) is 5.50. The monoisotopic (exact) mass is 355 g/mol. The van der Waals surface area contributed by atoms with Crippen LogP contribution < -0.4 is 15.2 Å². The van der Waals surface area contributed by atoms with E-state index in [0.29, 0.717) is 35.6 Å². The number of ether oxygens (including phenoxy) is 1. The maximum absolute atomic E-state index is 12.4. The molecule has 3 rings (SSSR count). The molecule has 136 valence electrons. The predicted octanol–water partition coefficient (Wildman–Crippen LogP) is 1.39. The molecule has 0 saturated heterocycles. The predicted molar refractivity (Wildman–Crippen MR) is 101 cm³/mol. The third-order valence-electron chi connectivity index (χ3n) is 4.16. The number of benzene rings is 2. The first kappa shape index (κ1) is 17.9. The van der Waals surface area contributed by atoms with Crippen molar-refractivity contribution in [1.29, 1.82) is 0 Å². The number of aromatic amines is 1. The number of aromatic nitrogens is 2. The number of nitrogens with zero attached hydrogens (tertiary/aromatic N) is 2. The van der Waals surface area contributed by atoms with Crippen molar-refractivity contribution in [3.63, 3.8) is 0 Å². The van der Waals surface area contributed by atoms with Gasteiger partial charge in [-0.15, -0.1) is 0 Å². The van der Waals surface area contributed by atoms with Crippen LogP contribution in [0.1, 0.15) is 0 Å². The first-order valence-electron chi connectivity index (χ1n) is 8.31. The van der Waals surface area contributed by atoms with Gasteiger partial charge in [0, 0.05) is 24.3 Å². The van der Waals surface area contributed by atoms with E-state index in [-0.39, 0.29) is 18.8 Å². The lowest BCUT2D eigenvalue weighted by Crippen LogP contribution is -2.29. The number of fused-ring (bicyclic) bond motifs is 1. The van der Waals surface area contributed by atoms with Gasteiger partial charge in [0.2, 0.25) is 0 Å². The summed E-state index contributed by atoms with van der Waals surface area (Å²) in [7, 11) is 1.55. The SMILES string of the molecule is COc1ccc2nc(-c3ccc(N(CCO)CCO)cc3)[nH]c(=O)c2c1. The Morgan fingerprint density at radius 3 is 2.38 bits per heavy atom. The Labute approximate surface area is 150 Å². The van der Waals surface area contributed by atoms with Crippen LogP contribution in [0.5, 0.6) is 5.75 Å². The number of anilines is 1. The molecule has 1 heterocycles. The molecule has 0 atom stereocenters. The Hall–Kier alpha value is -2.90. The Balaban J connectivity index is 1.95. The molecule has 1 aromatic heterocycles. The van der Waals surface area contributed by atoms with Gasteiger partial charge in [0.05, 0.1) is 31.2 Å². The summed E-state index contributed by atoms with van der Waals surface area (Å²) in [6.45, 7) is 0.884. The van der Waals surface area contributed by atoms with Gasteiger partial charge >= 0.3 is 0 Å². The number of aliphatic hydroxyl groups is 2. The minimum Gasteiger partial charge on any atom is -0.497 e. The third-order valence-corrected chi connectivity index (χ3v) is 4.16. The summed E-state index contributed by atoms with van der Waals surface area (Å²) < 4.78 is 5.15. The zero-order valence-corrected chi connectivity index (χ0v) is 14.5. The van der Waals surface area contributed by atoms with Crippen molar-refractivity contribution in [3.8, 4) is 17.1 Å². The minimum atomic E-state index is -0.227. The van der Waals surface area contributed by atoms with Gasteiger partial charge in [0.15, 0.2) is 0 Å². The van der Waals surface area contributed by atoms with E-state index in [1.807, 2.05) is 29.2 Å². The summed E-state index contributed by atoms with van der Waals surface area (Å²) in [6, 6.07) is 12.6. The van der Waals surface area contributed by atoms with Crippen molar-refractivity contribution >= 4 is 16.6 Å². The van der Waals surface area contributed by atoms with Gasteiger partial charge in [-0.25, -0.2) is 4.98 Å². The molecule has 26 heavy (non-hydrogen) atoms. The molecule has 0 aliphatic heterocycles. The van der Waals surface area contributed by atoms with Gasteiger partial charge in [-0.05, 0) is 42.5 Å². The third kappa shape index (κ3) is 3.68. The van der Waals surface area contributed by atoms with Crippen LogP contribution in [0.15, 0.2) is 47.3 Å². The summed E-state index contributed by atoms with van der Waals surface area (Å²) >= 11 is 0. The van der Waals surface area contributed by atoms with Gasteiger partial charge in [-0.1, -0.05) is 0 Å². The normalized spacial score (nSPS) is 10.9. The molecule has 2 aromatic carbocycles. The molecule has 0 amide bonds. The fraction of sp³-hybridized carbons (Fsp3) is 0.263. The first-order valence-corrected chi connectivity index (χ1v) is 8.31. The zero-order chi connectivity index (χ0) is 18.5.